The fraction of sp³-hybridized carbons (Fsp3) is 0.250. The second-order valence-corrected chi connectivity index (χ2v) is 4.93. The van der Waals surface area contributed by atoms with Crippen molar-refractivity contribution in [3.8, 4) is 11.5 Å². The summed E-state index contributed by atoms with van der Waals surface area (Å²) in [7, 11) is 0. The van der Waals surface area contributed by atoms with Crippen LogP contribution in [-0.4, -0.2) is 17.8 Å². The summed E-state index contributed by atoms with van der Waals surface area (Å²) in [4.78, 5) is 0. The lowest BCUT2D eigenvalue weighted by Gasteiger charge is -2.12. The summed E-state index contributed by atoms with van der Waals surface area (Å²) in [6, 6.07) is 14.9. The molecule has 1 unspecified atom stereocenters. The topological polar surface area (TPSA) is 38.7 Å². The Labute approximate surface area is 123 Å². The van der Waals surface area contributed by atoms with Crippen LogP contribution in [0.2, 0.25) is 5.02 Å². The molecule has 0 aliphatic carbocycles. The molecule has 0 aliphatic heterocycles. The number of hydrogen-bond acceptors (Lipinski definition) is 3. The Kier molecular flexibility index (Phi) is 5.27. The van der Waals surface area contributed by atoms with Crippen LogP contribution in [0.5, 0.6) is 11.5 Å². The third kappa shape index (κ3) is 4.44. The molecule has 106 valence electrons. The zero-order valence-corrected chi connectivity index (χ0v) is 12.0. The Balaban J connectivity index is 1.89. The normalized spacial score (nSPS) is 11.9. The minimum absolute atomic E-state index is 0.00142. The molecule has 20 heavy (non-hydrogen) atoms. The Hall–Kier alpha value is -1.71. The molecule has 0 aromatic heterocycles. The van der Waals surface area contributed by atoms with Gasteiger partial charge in [0.2, 0.25) is 0 Å². The van der Waals surface area contributed by atoms with Crippen LogP contribution in [0, 0.1) is 0 Å². The maximum Gasteiger partial charge on any atom is 0.119 e. The third-order valence-electron chi connectivity index (χ3n) is 2.74. The lowest BCUT2D eigenvalue weighted by molar-refractivity contribution is 0.129. The standard InChI is InChI=1S/C16H17ClO3/c1-12(10-18)20-16-6-2-13(3-7-16)11-19-15-8-4-14(17)5-9-15/h2-9,12,18H,10-11H2,1H3. The van der Waals surface area contributed by atoms with E-state index in [-0.39, 0.29) is 12.7 Å². The molecule has 2 aromatic rings. The van der Waals surface area contributed by atoms with Crippen molar-refractivity contribution in [3.63, 3.8) is 0 Å². The van der Waals surface area contributed by atoms with Gasteiger partial charge in [0.1, 0.15) is 24.2 Å². The molecule has 2 aromatic carbocycles. The molecule has 0 bridgehead atoms. The summed E-state index contributed by atoms with van der Waals surface area (Å²) in [6.07, 6.45) is -0.203. The van der Waals surface area contributed by atoms with Gasteiger partial charge >= 0.3 is 0 Å². The summed E-state index contributed by atoms with van der Waals surface area (Å²) in [6.45, 7) is 2.30. The fourth-order valence-electron chi connectivity index (χ4n) is 1.63. The first-order valence-electron chi connectivity index (χ1n) is 6.42. The zero-order chi connectivity index (χ0) is 14.4. The minimum Gasteiger partial charge on any atom is -0.489 e. The van der Waals surface area contributed by atoms with Crippen LogP contribution in [0.25, 0.3) is 0 Å². The number of aliphatic hydroxyl groups excluding tert-OH is 1. The van der Waals surface area contributed by atoms with E-state index in [1.807, 2.05) is 43.3 Å². The molecule has 3 nitrogen and oxygen atoms in total. The first kappa shape index (κ1) is 14.7. The smallest absolute Gasteiger partial charge is 0.119 e. The highest BCUT2D eigenvalue weighted by Crippen LogP contribution is 2.18. The monoisotopic (exact) mass is 292 g/mol. The van der Waals surface area contributed by atoms with Crippen molar-refractivity contribution in [3.05, 3.63) is 59.1 Å². The van der Waals surface area contributed by atoms with Gasteiger partial charge in [-0.2, -0.15) is 0 Å². The molecule has 2 rings (SSSR count). The van der Waals surface area contributed by atoms with E-state index >= 15 is 0 Å². The van der Waals surface area contributed by atoms with Crippen molar-refractivity contribution in [1.82, 2.24) is 0 Å². The average Bonchev–Trinajstić information content (AvgIpc) is 2.48. The van der Waals surface area contributed by atoms with Gasteiger partial charge in [0.05, 0.1) is 6.61 Å². The molecule has 0 aliphatic rings. The quantitative estimate of drug-likeness (QED) is 0.883. The van der Waals surface area contributed by atoms with E-state index in [4.69, 9.17) is 26.2 Å². The van der Waals surface area contributed by atoms with Crippen LogP contribution >= 0.6 is 11.6 Å². The number of rotatable bonds is 6. The van der Waals surface area contributed by atoms with E-state index in [0.717, 1.165) is 17.1 Å². The number of benzene rings is 2. The molecular weight excluding hydrogens is 276 g/mol. The second-order valence-electron chi connectivity index (χ2n) is 4.50. The zero-order valence-electron chi connectivity index (χ0n) is 11.3. The maximum atomic E-state index is 8.93. The maximum absolute atomic E-state index is 8.93. The molecule has 4 heteroatoms. The molecule has 0 radical (unpaired) electrons. The van der Waals surface area contributed by atoms with Gasteiger partial charge in [0.15, 0.2) is 0 Å². The Morgan fingerprint density at radius 1 is 1.00 bits per heavy atom. The predicted molar refractivity (Wildman–Crippen MR) is 79.4 cm³/mol. The SMILES string of the molecule is CC(CO)Oc1ccc(COc2ccc(Cl)cc2)cc1. The van der Waals surface area contributed by atoms with Crippen molar-refractivity contribution in [2.75, 3.05) is 6.61 Å². The highest BCUT2D eigenvalue weighted by Gasteiger charge is 2.02. The molecule has 0 heterocycles. The van der Waals surface area contributed by atoms with E-state index in [1.54, 1.807) is 12.1 Å². The van der Waals surface area contributed by atoms with Gasteiger partial charge in [-0.1, -0.05) is 23.7 Å². The lowest BCUT2D eigenvalue weighted by Crippen LogP contribution is -2.16. The van der Waals surface area contributed by atoms with Crippen molar-refractivity contribution >= 4 is 11.6 Å². The average molecular weight is 293 g/mol. The van der Waals surface area contributed by atoms with Gasteiger partial charge in [-0.25, -0.2) is 0 Å². The highest BCUT2D eigenvalue weighted by molar-refractivity contribution is 6.30. The van der Waals surface area contributed by atoms with E-state index in [0.29, 0.717) is 11.6 Å². The lowest BCUT2D eigenvalue weighted by atomic mass is 10.2. The van der Waals surface area contributed by atoms with Crippen LogP contribution < -0.4 is 9.47 Å². The van der Waals surface area contributed by atoms with Crippen LogP contribution in [0.3, 0.4) is 0 Å². The first-order valence-corrected chi connectivity index (χ1v) is 6.80. The van der Waals surface area contributed by atoms with Crippen LogP contribution in [-0.2, 0) is 6.61 Å². The summed E-state index contributed by atoms with van der Waals surface area (Å²) < 4.78 is 11.1. The Morgan fingerprint density at radius 2 is 1.60 bits per heavy atom. The Bertz CT molecular complexity index is 522. The minimum atomic E-state index is -0.203. The molecule has 0 fully saturated rings. The van der Waals surface area contributed by atoms with E-state index in [9.17, 15) is 0 Å². The summed E-state index contributed by atoms with van der Waals surface area (Å²) in [5.41, 5.74) is 1.05. The molecule has 0 amide bonds. The van der Waals surface area contributed by atoms with Crippen molar-refractivity contribution in [2.24, 2.45) is 0 Å². The fourth-order valence-corrected chi connectivity index (χ4v) is 1.76. The van der Waals surface area contributed by atoms with Gasteiger partial charge in [0, 0.05) is 5.02 Å². The van der Waals surface area contributed by atoms with Crippen molar-refractivity contribution < 1.29 is 14.6 Å². The highest BCUT2D eigenvalue weighted by atomic mass is 35.5. The first-order chi connectivity index (χ1) is 9.67. The summed E-state index contributed by atoms with van der Waals surface area (Å²) in [5, 5.41) is 9.62. The van der Waals surface area contributed by atoms with E-state index in [2.05, 4.69) is 0 Å². The van der Waals surface area contributed by atoms with Gasteiger partial charge in [-0.05, 0) is 48.9 Å². The van der Waals surface area contributed by atoms with Crippen LogP contribution in [0.15, 0.2) is 48.5 Å². The molecular formula is C16H17ClO3. The van der Waals surface area contributed by atoms with Crippen molar-refractivity contribution in [2.45, 2.75) is 19.6 Å². The molecule has 1 N–H and O–H groups in total. The number of ether oxygens (including phenoxy) is 2. The molecule has 1 atom stereocenters. The summed E-state index contributed by atoms with van der Waals surface area (Å²) >= 11 is 5.81. The van der Waals surface area contributed by atoms with Gasteiger partial charge in [0.25, 0.3) is 0 Å². The van der Waals surface area contributed by atoms with Gasteiger partial charge in [-0.15, -0.1) is 0 Å². The summed E-state index contributed by atoms with van der Waals surface area (Å²) in [5.74, 6) is 1.52. The van der Waals surface area contributed by atoms with E-state index < -0.39 is 0 Å². The number of aliphatic hydroxyl groups is 1. The van der Waals surface area contributed by atoms with Crippen molar-refractivity contribution in [1.29, 1.82) is 0 Å². The van der Waals surface area contributed by atoms with E-state index in [1.165, 1.54) is 0 Å². The predicted octanol–water partition coefficient (Wildman–Crippen LogP) is 3.68. The van der Waals surface area contributed by atoms with Gasteiger partial charge < -0.3 is 14.6 Å². The van der Waals surface area contributed by atoms with Gasteiger partial charge in [-0.3, -0.25) is 0 Å². The van der Waals surface area contributed by atoms with Crippen LogP contribution in [0.4, 0.5) is 0 Å². The number of halogens is 1. The second kappa shape index (κ2) is 7.17. The largest absolute Gasteiger partial charge is 0.489 e. The molecule has 0 saturated heterocycles. The molecule has 0 spiro atoms. The van der Waals surface area contributed by atoms with Crippen LogP contribution in [0.1, 0.15) is 12.5 Å². The number of hydrogen-bond donors (Lipinski definition) is 1. The Morgan fingerprint density at radius 3 is 2.20 bits per heavy atom. The third-order valence-corrected chi connectivity index (χ3v) is 2.99. The molecule has 0 saturated carbocycles.